The number of rotatable bonds is 14. The summed E-state index contributed by atoms with van der Waals surface area (Å²) < 4.78 is 0. The Morgan fingerprint density at radius 3 is 2.20 bits per heavy atom. The van der Waals surface area contributed by atoms with Crippen LogP contribution in [0.5, 0.6) is 0 Å². The molecule has 0 amide bonds. The summed E-state index contributed by atoms with van der Waals surface area (Å²) in [4.78, 5) is 11.2. The Morgan fingerprint density at radius 1 is 1.10 bits per heavy atom. The Kier molecular flexibility index (Phi) is 11.8. The van der Waals surface area contributed by atoms with Gasteiger partial charge in [-0.05, 0) is 31.6 Å². The van der Waals surface area contributed by atoms with Crippen LogP contribution in [-0.2, 0) is 4.79 Å². The molecule has 2 rings (SSSR count). The lowest BCUT2D eigenvalue weighted by Gasteiger charge is -2.30. The first-order valence-electron chi connectivity index (χ1n) is 11.6. The number of unbranched alkanes of at least 4 members (excludes halogenated alkanes) is 1. The summed E-state index contributed by atoms with van der Waals surface area (Å²) in [6.07, 6.45) is 7.82. The number of thioether (sulfide) groups is 2. The van der Waals surface area contributed by atoms with Crippen LogP contribution in [0.1, 0.15) is 65.2 Å². The fourth-order valence-corrected chi connectivity index (χ4v) is 7.99. The summed E-state index contributed by atoms with van der Waals surface area (Å²) in [6, 6.07) is -0.819. The maximum atomic E-state index is 11.7. The smallest absolute Gasteiger partial charge is 0.320 e. The summed E-state index contributed by atoms with van der Waals surface area (Å²) in [5.41, 5.74) is 5.79. The van der Waals surface area contributed by atoms with Crippen molar-refractivity contribution in [2.45, 2.75) is 92.3 Å². The molecule has 2 saturated heterocycles. The first kappa shape index (κ1) is 26.2. The number of hydroxylamine groups is 4. The van der Waals surface area contributed by atoms with Crippen LogP contribution in [0, 0.1) is 16.3 Å². The van der Waals surface area contributed by atoms with Gasteiger partial charge in [-0.3, -0.25) is 4.79 Å². The average molecular weight is 464 g/mol. The maximum absolute atomic E-state index is 11.7. The molecule has 8 atom stereocenters. The lowest BCUT2D eigenvalue weighted by Crippen LogP contribution is -3.05. The van der Waals surface area contributed by atoms with Gasteiger partial charge in [0, 0.05) is 23.3 Å². The molecule has 5 N–H and O–H groups in total. The van der Waals surface area contributed by atoms with Gasteiger partial charge < -0.3 is 31.4 Å². The molecule has 7 nitrogen and oxygen atoms in total. The quantitative estimate of drug-likeness (QED) is 0.283. The van der Waals surface area contributed by atoms with E-state index in [1.54, 1.807) is 0 Å². The summed E-state index contributed by atoms with van der Waals surface area (Å²) in [6.45, 7) is 7.27. The highest BCUT2D eigenvalue weighted by Gasteiger charge is 2.31. The number of nitrogens with two attached hydrogens (primary N) is 1. The van der Waals surface area contributed by atoms with Crippen molar-refractivity contribution >= 4 is 29.5 Å². The molecular formula is C21H41N3O4S2. The second kappa shape index (κ2) is 13.5. The SMILES string of the molecule is CCCCC(CC(C)C(CCC(N)C(=O)O)SC1CC[NH+]([O-])C1)SC1CC[NH+]([O-])C1. The molecule has 0 spiro atoms. The minimum absolute atomic E-state index is 0.321. The van der Waals surface area contributed by atoms with E-state index in [4.69, 9.17) is 10.8 Å². The Labute approximate surface area is 190 Å². The molecule has 0 aromatic heterocycles. The van der Waals surface area contributed by atoms with E-state index in [-0.39, 0.29) is 0 Å². The summed E-state index contributed by atoms with van der Waals surface area (Å²) in [7, 11) is 0. The van der Waals surface area contributed by atoms with E-state index in [0.29, 0.717) is 56.6 Å². The Hall–Kier alpha value is -0.0300. The Bertz CT molecular complexity index is 517. The lowest BCUT2D eigenvalue weighted by molar-refractivity contribution is -0.833. The summed E-state index contributed by atoms with van der Waals surface area (Å²) >= 11 is 3.91. The predicted octanol–water partition coefficient (Wildman–Crippen LogP) is 0.909. The van der Waals surface area contributed by atoms with Gasteiger partial charge in [0.05, 0.1) is 36.7 Å². The van der Waals surface area contributed by atoms with Crippen molar-refractivity contribution in [1.29, 1.82) is 0 Å². The molecule has 0 aliphatic carbocycles. The van der Waals surface area contributed by atoms with Gasteiger partial charge in [-0.1, -0.05) is 26.7 Å². The second-order valence-electron chi connectivity index (χ2n) is 9.12. The molecule has 9 heteroatoms. The molecule has 2 aliphatic heterocycles. The van der Waals surface area contributed by atoms with Crippen molar-refractivity contribution in [2.75, 3.05) is 26.2 Å². The van der Waals surface area contributed by atoms with Crippen LogP contribution < -0.4 is 15.9 Å². The van der Waals surface area contributed by atoms with Crippen molar-refractivity contribution in [1.82, 2.24) is 0 Å². The van der Waals surface area contributed by atoms with E-state index in [0.717, 1.165) is 38.8 Å². The number of aliphatic carboxylic acids is 1. The van der Waals surface area contributed by atoms with E-state index >= 15 is 0 Å². The summed E-state index contributed by atoms with van der Waals surface area (Å²) in [5, 5.41) is 35.0. The largest absolute Gasteiger partial charge is 0.634 e. The van der Waals surface area contributed by atoms with Gasteiger partial charge in [-0.2, -0.15) is 0 Å². The monoisotopic (exact) mass is 463 g/mol. The molecule has 30 heavy (non-hydrogen) atoms. The molecular weight excluding hydrogens is 422 g/mol. The second-order valence-corrected chi connectivity index (χ2v) is 12.3. The first-order valence-corrected chi connectivity index (χ1v) is 13.5. The van der Waals surface area contributed by atoms with Gasteiger partial charge in [0.1, 0.15) is 6.04 Å². The number of hydrogen-bond donors (Lipinski definition) is 4. The lowest BCUT2D eigenvalue weighted by atomic mass is 9.95. The highest BCUT2D eigenvalue weighted by Crippen LogP contribution is 2.37. The zero-order valence-electron chi connectivity index (χ0n) is 18.5. The Balaban J connectivity index is 1.96. The van der Waals surface area contributed by atoms with Crippen molar-refractivity contribution in [3.8, 4) is 0 Å². The van der Waals surface area contributed by atoms with E-state index in [1.165, 1.54) is 19.3 Å². The molecule has 0 aromatic carbocycles. The van der Waals surface area contributed by atoms with Crippen molar-refractivity contribution in [3.63, 3.8) is 0 Å². The third-order valence-corrected chi connectivity index (χ3v) is 9.82. The van der Waals surface area contributed by atoms with Crippen LogP contribution in [-0.4, -0.2) is 64.3 Å². The number of nitrogens with one attached hydrogen (secondary N) is 2. The standard InChI is InChI=1S/C21H41N3O4S2/c1-3-4-5-16(29-17-8-10-23(27)13-17)12-15(2)20(7-6-19(22)21(25)26)30-18-9-11-24(28)14-18/h15-20,23-24H,3-14,22H2,1-2H3,(H,25,26). The third kappa shape index (κ3) is 9.22. The molecule has 8 unspecified atom stereocenters. The van der Waals surface area contributed by atoms with E-state index in [1.807, 2.05) is 23.5 Å². The van der Waals surface area contributed by atoms with Gasteiger partial charge in [-0.15, -0.1) is 23.5 Å². The number of quaternary nitrogens is 2. The van der Waals surface area contributed by atoms with Gasteiger partial charge in [-0.25, -0.2) is 0 Å². The van der Waals surface area contributed by atoms with Crippen LogP contribution in [0.15, 0.2) is 0 Å². The van der Waals surface area contributed by atoms with Crippen LogP contribution in [0.4, 0.5) is 0 Å². The molecule has 0 saturated carbocycles. The number of carbonyl (C=O) groups is 1. The minimum atomic E-state index is -0.940. The van der Waals surface area contributed by atoms with Crippen LogP contribution in [0.25, 0.3) is 0 Å². The molecule has 2 fully saturated rings. The zero-order chi connectivity index (χ0) is 22.1. The number of carboxylic acid groups (broad SMARTS) is 1. The predicted molar refractivity (Wildman–Crippen MR) is 126 cm³/mol. The topological polar surface area (TPSA) is 118 Å². The molecule has 0 bridgehead atoms. The van der Waals surface area contributed by atoms with E-state index < -0.39 is 12.0 Å². The average Bonchev–Trinajstić information content (AvgIpc) is 3.30. The van der Waals surface area contributed by atoms with Crippen molar-refractivity contribution in [3.05, 3.63) is 10.4 Å². The minimum Gasteiger partial charge on any atom is -0.634 e. The molecule has 2 heterocycles. The first-order chi connectivity index (χ1) is 14.3. The summed E-state index contributed by atoms with van der Waals surface area (Å²) in [5.74, 6) is -0.511. The maximum Gasteiger partial charge on any atom is 0.320 e. The molecule has 0 aromatic rings. The highest BCUT2D eigenvalue weighted by molar-refractivity contribution is 8.00. The van der Waals surface area contributed by atoms with Crippen LogP contribution >= 0.6 is 23.5 Å². The highest BCUT2D eigenvalue weighted by atomic mass is 32.2. The van der Waals surface area contributed by atoms with Crippen LogP contribution in [0.3, 0.4) is 0 Å². The normalized spacial score (nSPS) is 30.8. The fourth-order valence-electron chi connectivity index (χ4n) is 4.51. The Morgan fingerprint density at radius 2 is 1.70 bits per heavy atom. The van der Waals surface area contributed by atoms with Gasteiger partial charge in [0.2, 0.25) is 0 Å². The third-order valence-electron chi connectivity index (χ3n) is 6.38. The fraction of sp³-hybridized carbons (Fsp3) is 0.952. The van der Waals surface area contributed by atoms with E-state index in [2.05, 4.69) is 13.8 Å². The molecule has 176 valence electrons. The zero-order valence-corrected chi connectivity index (χ0v) is 20.1. The van der Waals surface area contributed by atoms with Gasteiger partial charge in [0.25, 0.3) is 0 Å². The van der Waals surface area contributed by atoms with E-state index in [9.17, 15) is 15.2 Å². The van der Waals surface area contributed by atoms with Crippen LogP contribution in [0.2, 0.25) is 0 Å². The number of carboxylic acids is 1. The van der Waals surface area contributed by atoms with Crippen molar-refractivity contribution in [2.24, 2.45) is 11.7 Å². The molecule has 2 aliphatic rings. The van der Waals surface area contributed by atoms with Crippen molar-refractivity contribution < 1.29 is 20.0 Å². The molecule has 0 radical (unpaired) electrons. The van der Waals surface area contributed by atoms with Gasteiger partial charge in [0.15, 0.2) is 0 Å². The number of hydrogen-bond acceptors (Lipinski definition) is 6. The van der Waals surface area contributed by atoms with Gasteiger partial charge >= 0.3 is 5.97 Å².